The Labute approximate surface area is 121 Å². The highest BCUT2D eigenvalue weighted by Gasteiger charge is 2.13. The Hall–Kier alpha value is -2.01. The van der Waals surface area contributed by atoms with Crippen molar-refractivity contribution in [3.8, 4) is 17.0 Å². The van der Waals surface area contributed by atoms with Crippen LogP contribution in [0, 0.1) is 6.92 Å². The molecule has 0 radical (unpaired) electrons. The topological polar surface area (TPSA) is 52.5 Å². The molecule has 0 fully saturated rings. The standard InChI is InChI=1S/C15H17N3OS/c1-3-8-19-12-6-4-11(5-7-12)13-14(16)18-9-10(2)20-15(18)17-13/h4-7,9H,3,8,16H2,1-2H3. The molecule has 0 spiro atoms. The molecule has 3 aromatic rings. The summed E-state index contributed by atoms with van der Waals surface area (Å²) in [7, 11) is 0. The quantitative estimate of drug-likeness (QED) is 0.795. The molecule has 2 heterocycles. The van der Waals surface area contributed by atoms with E-state index in [2.05, 4.69) is 18.8 Å². The van der Waals surface area contributed by atoms with E-state index >= 15 is 0 Å². The van der Waals surface area contributed by atoms with E-state index in [0.717, 1.165) is 35.0 Å². The summed E-state index contributed by atoms with van der Waals surface area (Å²) in [5.74, 6) is 1.57. The Kier molecular flexibility index (Phi) is 3.36. The van der Waals surface area contributed by atoms with Gasteiger partial charge in [0.15, 0.2) is 4.96 Å². The number of benzene rings is 1. The lowest BCUT2D eigenvalue weighted by atomic mass is 10.1. The molecule has 0 bridgehead atoms. The maximum atomic E-state index is 6.18. The molecule has 20 heavy (non-hydrogen) atoms. The van der Waals surface area contributed by atoms with Crippen molar-refractivity contribution in [3.05, 3.63) is 35.3 Å². The summed E-state index contributed by atoms with van der Waals surface area (Å²) >= 11 is 1.64. The van der Waals surface area contributed by atoms with E-state index in [1.807, 2.05) is 34.9 Å². The van der Waals surface area contributed by atoms with Crippen molar-refractivity contribution in [1.82, 2.24) is 9.38 Å². The van der Waals surface area contributed by atoms with Gasteiger partial charge >= 0.3 is 0 Å². The zero-order chi connectivity index (χ0) is 14.1. The highest BCUT2D eigenvalue weighted by Crippen LogP contribution is 2.30. The zero-order valence-corrected chi connectivity index (χ0v) is 12.4. The third-order valence-corrected chi connectivity index (χ3v) is 3.98. The van der Waals surface area contributed by atoms with Gasteiger partial charge in [-0.1, -0.05) is 6.92 Å². The smallest absolute Gasteiger partial charge is 0.196 e. The summed E-state index contributed by atoms with van der Waals surface area (Å²) in [6, 6.07) is 7.92. The van der Waals surface area contributed by atoms with Gasteiger partial charge in [0.1, 0.15) is 17.3 Å². The minimum atomic E-state index is 0.687. The number of aromatic nitrogens is 2. The normalized spacial score (nSPS) is 11.1. The summed E-state index contributed by atoms with van der Waals surface area (Å²) in [4.78, 5) is 6.75. The Morgan fingerprint density at radius 3 is 2.70 bits per heavy atom. The second-order valence-corrected chi connectivity index (χ2v) is 5.93. The summed E-state index contributed by atoms with van der Waals surface area (Å²) in [6.07, 6.45) is 3.02. The van der Waals surface area contributed by atoms with Crippen LogP contribution in [0.4, 0.5) is 5.82 Å². The van der Waals surface area contributed by atoms with Crippen LogP contribution in [0.25, 0.3) is 16.2 Å². The van der Waals surface area contributed by atoms with Crippen molar-refractivity contribution in [2.75, 3.05) is 12.3 Å². The molecule has 0 aliphatic carbocycles. The van der Waals surface area contributed by atoms with Gasteiger partial charge in [-0.25, -0.2) is 4.98 Å². The van der Waals surface area contributed by atoms with Crippen LogP contribution in [0.15, 0.2) is 30.5 Å². The highest BCUT2D eigenvalue weighted by atomic mass is 32.1. The van der Waals surface area contributed by atoms with Gasteiger partial charge in [0.2, 0.25) is 0 Å². The van der Waals surface area contributed by atoms with Gasteiger partial charge in [0, 0.05) is 16.6 Å². The van der Waals surface area contributed by atoms with Crippen LogP contribution in [0.1, 0.15) is 18.2 Å². The lowest BCUT2D eigenvalue weighted by molar-refractivity contribution is 0.317. The molecule has 1 aromatic carbocycles. The van der Waals surface area contributed by atoms with E-state index in [1.54, 1.807) is 11.3 Å². The monoisotopic (exact) mass is 287 g/mol. The second-order valence-electron chi connectivity index (χ2n) is 4.71. The van der Waals surface area contributed by atoms with E-state index in [1.165, 1.54) is 4.88 Å². The van der Waals surface area contributed by atoms with Crippen molar-refractivity contribution < 1.29 is 4.74 Å². The van der Waals surface area contributed by atoms with Crippen LogP contribution >= 0.6 is 11.3 Å². The number of nitrogens with two attached hydrogens (primary N) is 1. The van der Waals surface area contributed by atoms with E-state index in [9.17, 15) is 0 Å². The maximum Gasteiger partial charge on any atom is 0.196 e. The number of nitrogen functional groups attached to an aromatic ring is 1. The molecule has 3 rings (SSSR count). The number of thiazole rings is 1. The van der Waals surface area contributed by atoms with Crippen LogP contribution in [-0.2, 0) is 0 Å². The van der Waals surface area contributed by atoms with Gasteiger partial charge in [0.05, 0.1) is 6.61 Å². The number of imidazole rings is 1. The van der Waals surface area contributed by atoms with Gasteiger partial charge in [0.25, 0.3) is 0 Å². The average molecular weight is 287 g/mol. The van der Waals surface area contributed by atoms with Crippen LogP contribution in [0.3, 0.4) is 0 Å². The van der Waals surface area contributed by atoms with Crippen LogP contribution < -0.4 is 10.5 Å². The summed E-state index contributed by atoms with van der Waals surface area (Å²) in [5.41, 5.74) is 8.02. The largest absolute Gasteiger partial charge is 0.494 e. The molecule has 2 N–H and O–H groups in total. The number of ether oxygens (including phenoxy) is 1. The van der Waals surface area contributed by atoms with Gasteiger partial charge in [-0.2, -0.15) is 0 Å². The minimum Gasteiger partial charge on any atom is -0.494 e. The summed E-state index contributed by atoms with van der Waals surface area (Å²) < 4.78 is 7.52. The number of rotatable bonds is 4. The van der Waals surface area contributed by atoms with Crippen LogP contribution in [0.2, 0.25) is 0 Å². The lowest BCUT2D eigenvalue weighted by Crippen LogP contribution is -1.95. The van der Waals surface area contributed by atoms with E-state index < -0.39 is 0 Å². The van der Waals surface area contributed by atoms with Gasteiger partial charge in [-0.15, -0.1) is 11.3 Å². The first kappa shape index (κ1) is 13.0. The second kappa shape index (κ2) is 5.17. The van der Waals surface area contributed by atoms with Crippen LogP contribution in [-0.4, -0.2) is 16.0 Å². The third-order valence-electron chi connectivity index (χ3n) is 3.08. The van der Waals surface area contributed by atoms with Crippen molar-refractivity contribution >= 4 is 22.1 Å². The molecule has 0 aliphatic rings. The number of aryl methyl sites for hydroxylation is 1. The molecule has 0 atom stereocenters. The first-order valence-corrected chi connectivity index (χ1v) is 7.48. The highest BCUT2D eigenvalue weighted by molar-refractivity contribution is 7.17. The van der Waals surface area contributed by atoms with Crippen LogP contribution in [0.5, 0.6) is 5.75 Å². The number of anilines is 1. The molecular formula is C15H17N3OS. The zero-order valence-electron chi connectivity index (χ0n) is 11.6. The van der Waals surface area contributed by atoms with E-state index in [-0.39, 0.29) is 0 Å². The SMILES string of the molecule is CCCOc1ccc(-c2nc3sc(C)cn3c2N)cc1. The Balaban J connectivity index is 1.94. The number of hydrogen-bond acceptors (Lipinski definition) is 4. The minimum absolute atomic E-state index is 0.687. The molecule has 0 saturated heterocycles. The fraction of sp³-hybridized carbons (Fsp3) is 0.267. The molecule has 0 amide bonds. The predicted molar refractivity (Wildman–Crippen MR) is 83.4 cm³/mol. The number of fused-ring (bicyclic) bond motifs is 1. The number of hydrogen-bond donors (Lipinski definition) is 1. The van der Waals surface area contributed by atoms with E-state index in [0.29, 0.717) is 5.82 Å². The lowest BCUT2D eigenvalue weighted by Gasteiger charge is -2.05. The molecular weight excluding hydrogens is 270 g/mol. The van der Waals surface area contributed by atoms with Crippen molar-refractivity contribution in [1.29, 1.82) is 0 Å². The van der Waals surface area contributed by atoms with Gasteiger partial charge < -0.3 is 10.5 Å². The summed E-state index contributed by atoms with van der Waals surface area (Å²) in [6.45, 7) is 4.88. The molecule has 0 unspecified atom stereocenters. The Morgan fingerprint density at radius 1 is 1.30 bits per heavy atom. The predicted octanol–water partition coefficient (Wildman–Crippen LogP) is 3.74. The van der Waals surface area contributed by atoms with Crippen molar-refractivity contribution in [3.63, 3.8) is 0 Å². The average Bonchev–Trinajstić information content (AvgIpc) is 2.96. The van der Waals surface area contributed by atoms with Crippen molar-refractivity contribution in [2.45, 2.75) is 20.3 Å². The fourth-order valence-electron chi connectivity index (χ4n) is 2.11. The molecule has 2 aromatic heterocycles. The third kappa shape index (κ3) is 2.25. The first-order chi connectivity index (χ1) is 9.69. The molecule has 4 nitrogen and oxygen atoms in total. The molecule has 0 aliphatic heterocycles. The molecule has 104 valence electrons. The Morgan fingerprint density at radius 2 is 2.05 bits per heavy atom. The van der Waals surface area contributed by atoms with E-state index in [4.69, 9.17) is 10.5 Å². The maximum absolute atomic E-state index is 6.18. The number of nitrogens with zero attached hydrogens (tertiary/aromatic N) is 2. The Bertz CT molecular complexity index is 727. The first-order valence-electron chi connectivity index (χ1n) is 6.66. The summed E-state index contributed by atoms with van der Waals surface area (Å²) in [5, 5.41) is 0. The van der Waals surface area contributed by atoms with Gasteiger partial charge in [-0.05, 0) is 37.6 Å². The molecule has 5 heteroatoms. The fourth-order valence-corrected chi connectivity index (χ4v) is 2.95. The van der Waals surface area contributed by atoms with Crippen molar-refractivity contribution in [2.24, 2.45) is 0 Å². The molecule has 0 saturated carbocycles. The van der Waals surface area contributed by atoms with Gasteiger partial charge in [-0.3, -0.25) is 4.40 Å².